The summed E-state index contributed by atoms with van der Waals surface area (Å²) >= 11 is 1.28. The van der Waals surface area contributed by atoms with E-state index in [-0.39, 0.29) is 17.2 Å². The molecule has 2 rings (SSSR count). The van der Waals surface area contributed by atoms with Gasteiger partial charge in [-0.1, -0.05) is 17.7 Å². The summed E-state index contributed by atoms with van der Waals surface area (Å²) in [6.45, 7) is 5.85. The van der Waals surface area contributed by atoms with E-state index in [1.165, 1.54) is 17.8 Å². The summed E-state index contributed by atoms with van der Waals surface area (Å²) in [6.07, 6.45) is 1.76. The van der Waals surface area contributed by atoms with Gasteiger partial charge < -0.3 is 5.32 Å². The molecular weight excluding hydrogens is 312 g/mol. The minimum atomic E-state index is -0.467. The largest absolute Gasteiger partial charge is 0.321 e. The predicted molar refractivity (Wildman–Crippen MR) is 93.5 cm³/mol. The van der Waals surface area contributed by atoms with Crippen LogP contribution in [0, 0.1) is 30.9 Å². The minimum Gasteiger partial charge on any atom is -0.321 e. The molecule has 0 spiro atoms. The molecule has 0 saturated heterocycles. The average molecular weight is 330 g/mol. The third kappa shape index (κ3) is 3.71. The Morgan fingerprint density at radius 1 is 1.13 bits per heavy atom. The average Bonchev–Trinajstić information content (AvgIpc) is 2.49. The summed E-state index contributed by atoms with van der Waals surface area (Å²) in [5, 5.41) is 14.0. The number of hydrogen-bond donors (Lipinski definition) is 1. The molecule has 0 fully saturated rings. The first kappa shape index (κ1) is 17.0. The summed E-state index contributed by atoms with van der Waals surface area (Å²) in [4.78, 5) is 23.6. The van der Waals surface area contributed by atoms with E-state index in [9.17, 15) is 14.9 Å². The van der Waals surface area contributed by atoms with Gasteiger partial charge in [0, 0.05) is 17.3 Å². The van der Waals surface area contributed by atoms with Gasteiger partial charge >= 0.3 is 0 Å². The van der Waals surface area contributed by atoms with Crippen LogP contribution >= 0.6 is 11.8 Å². The number of carbonyl (C=O) groups excluding carboxylic acids is 1. The molecule has 0 heterocycles. The number of nitro groups is 1. The first-order valence-corrected chi connectivity index (χ1v) is 8.27. The van der Waals surface area contributed by atoms with Crippen molar-refractivity contribution in [1.29, 1.82) is 0 Å². The van der Waals surface area contributed by atoms with Gasteiger partial charge in [0.05, 0.1) is 9.82 Å². The van der Waals surface area contributed by atoms with Crippen LogP contribution in [0.2, 0.25) is 0 Å². The Morgan fingerprint density at radius 2 is 1.74 bits per heavy atom. The van der Waals surface area contributed by atoms with E-state index in [4.69, 9.17) is 0 Å². The third-order valence-corrected chi connectivity index (χ3v) is 4.34. The summed E-state index contributed by atoms with van der Waals surface area (Å²) in [7, 11) is 0. The van der Waals surface area contributed by atoms with E-state index in [2.05, 4.69) is 5.32 Å². The van der Waals surface area contributed by atoms with E-state index in [1.807, 2.05) is 32.9 Å². The molecule has 0 aromatic heterocycles. The fourth-order valence-corrected chi connectivity index (χ4v) is 3.08. The smallest absolute Gasteiger partial charge is 0.283 e. The molecule has 0 saturated carbocycles. The highest BCUT2D eigenvalue weighted by molar-refractivity contribution is 7.98. The molecular formula is C17H18N2O3S. The molecule has 0 atom stereocenters. The Kier molecular flexibility index (Phi) is 5.05. The van der Waals surface area contributed by atoms with E-state index >= 15 is 0 Å². The SMILES string of the molecule is CSc1ccc(C(=O)Nc2c(C)cc(C)cc2C)cc1[N+](=O)[O-]. The molecule has 0 aliphatic carbocycles. The number of thioether (sulfide) groups is 1. The van der Waals surface area contributed by atoms with Crippen LogP contribution in [-0.4, -0.2) is 17.1 Å². The molecule has 0 radical (unpaired) electrons. The highest BCUT2D eigenvalue weighted by Gasteiger charge is 2.18. The van der Waals surface area contributed by atoms with Gasteiger partial charge in [-0.2, -0.15) is 0 Å². The highest BCUT2D eigenvalue weighted by Crippen LogP contribution is 2.29. The van der Waals surface area contributed by atoms with E-state index in [1.54, 1.807) is 18.4 Å². The lowest BCUT2D eigenvalue weighted by atomic mass is 10.0. The van der Waals surface area contributed by atoms with Crippen molar-refractivity contribution in [3.05, 3.63) is 62.7 Å². The zero-order valence-corrected chi connectivity index (χ0v) is 14.3. The molecule has 2 aromatic carbocycles. The molecule has 6 heteroatoms. The lowest BCUT2D eigenvalue weighted by molar-refractivity contribution is -0.387. The normalized spacial score (nSPS) is 10.4. The van der Waals surface area contributed by atoms with Gasteiger partial charge in [0.25, 0.3) is 11.6 Å². The molecule has 2 aromatic rings. The number of amides is 1. The van der Waals surface area contributed by atoms with Crippen LogP contribution in [0.4, 0.5) is 11.4 Å². The minimum absolute atomic E-state index is 0.0532. The van der Waals surface area contributed by atoms with Gasteiger partial charge in [-0.25, -0.2) is 0 Å². The van der Waals surface area contributed by atoms with Crippen molar-refractivity contribution in [3.63, 3.8) is 0 Å². The van der Waals surface area contributed by atoms with Crippen molar-refractivity contribution >= 4 is 29.0 Å². The molecule has 0 bridgehead atoms. The van der Waals surface area contributed by atoms with Gasteiger partial charge in [-0.15, -0.1) is 11.8 Å². The van der Waals surface area contributed by atoms with E-state index < -0.39 is 4.92 Å². The molecule has 0 unspecified atom stereocenters. The van der Waals surface area contributed by atoms with Crippen molar-refractivity contribution in [2.75, 3.05) is 11.6 Å². The number of carbonyl (C=O) groups is 1. The Hall–Kier alpha value is -2.34. The maximum atomic E-state index is 12.4. The molecule has 1 amide bonds. The standard InChI is InChI=1S/C17H18N2O3S/c1-10-7-11(2)16(12(3)8-10)18-17(20)13-5-6-15(23-4)14(9-13)19(21)22/h5-9H,1-4H3,(H,18,20). The van der Waals surface area contributed by atoms with E-state index in [0.29, 0.717) is 4.90 Å². The molecule has 5 nitrogen and oxygen atoms in total. The second-order valence-corrected chi connectivity index (χ2v) is 6.22. The van der Waals surface area contributed by atoms with Crippen LogP contribution in [0.25, 0.3) is 0 Å². The van der Waals surface area contributed by atoms with Crippen LogP contribution in [-0.2, 0) is 0 Å². The van der Waals surface area contributed by atoms with Gasteiger partial charge in [0.15, 0.2) is 0 Å². The van der Waals surface area contributed by atoms with E-state index in [0.717, 1.165) is 22.4 Å². The Balaban J connectivity index is 2.35. The summed E-state index contributed by atoms with van der Waals surface area (Å²) in [5.74, 6) is -0.351. The Morgan fingerprint density at radius 3 is 2.26 bits per heavy atom. The number of nitro benzene ring substituents is 1. The van der Waals surface area contributed by atoms with Crippen molar-refractivity contribution in [3.8, 4) is 0 Å². The third-order valence-electron chi connectivity index (χ3n) is 3.55. The monoisotopic (exact) mass is 330 g/mol. The quantitative estimate of drug-likeness (QED) is 0.509. The van der Waals surface area contributed by atoms with Gasteiger partial charge in [-0.3, -0.25) is 14.9 Å². The zero-order valence-electron chi connectivity index (χ0n) is 13.5. The number of rotatable bonds is 4. The summed E-state index contributed by atoms with van der Waals surface area (Å²) in [6, 6.07) is 8.50. The predicted octanol–water partition coefficient (Wildman–Crippen LogP) is 4.49. The van der Waals surface area contributed by atoms with Gasteiger partial charge in [0.1, 0.15) is 0 Å². The number of benzene rings is 2. The van der Waals surface area contributed by atoms with Crippen LogP contribution in [0.1, 0.15) is 27.0 Å². The highest BCUT2D eigenvalue weighted by atomic mass is 32.2. The number of nitrogens with one attached hydrogen (secondary N) is 1. The van der Waals surface area contributed by atoms with Gasteiger partial charge in [0.2, 0.25) is 0 Å². The Bertz CT molecular complexity index is 764. The first-order chi connectivity index (χ1) is 10.8. The number of anilines is 1. The van der Waals surface area contributed by atoms with Crippen molar-refractivity contribution in [1.82, 2.24) is 0 Å². The van der Waals surface area contributed by atoms with Gasteiger partial charge in [-0.05, 0) is 50.3 Å². The molecule has 0 aliphatic heterocycles. The van der Waals surface area contributed by atoms with Crippen molar-refractivity contribution < 1.29 is 9.72 Å². The van der Waals surface area contributed by atoms with Crippen molar-refractivity contribution in [2.24, 2.45) is 0 Å². The fraction of sp³-hybridized carbons (Fsp3) is 0.235. The van der Waals surface area contributed by atoms with Crippen molar-refractivity contribution in [2.45, 2.75) is 25.7 Å². The lowest BCUT2D eigenvalue weighted by Gasteiger charge is -2.13. The maximum absolute atomic E-state index is 12.4. The molecule has 23 heavy (non-hydrogen) atoms. The molecule has 1 N–H and O–H groups in total. The lowest BCUT2D eigenvalue weighted by Crippen LogP contribution is -2.14. The number of hydrogen-bond acceptors (Lipinski definition) is 4. The van der Waals surface area contributed by atoms with Crippen LogP contribution < -0.4 is 5.32 Å². The van der Waals surface area contributed by atoms with Crippen LogP contribution in [0.5, 0.6) is 0 Å². The first-order valence-electron chi connectivity index (χ1n) is 7.05. The van der Waals surface area contributed by atoms with Crippen LogP contribution in [0.15, 0.2) is 35.2 Å². The fourth-order valence-electron chi connectivity index (χ4n) is 2.54. The second kappa shape index (κ2) is 6.83. The number of nitrogens with zero attached hydrogens (tertiary/aromatic N) is 1. The zero-order chi connectivity index (χ0) is 17.1. The summed E-state index contributed by atoms with van der Waals surface area (Å²) < 4.78 is 0. The summed E-state index contributed by atoms with van der Waals surface area (Å²) in [5.41, 5.74) is 4.02. The molecule has 120 valence electrons. The number of aryl methyl sites for hydroxylation is 3. The van der Waals surface area contributed by atoms with Crippen LogP contribution in [0.3, 0.4) is 0 Å². The Labute approximate surface area is 139 Å². The topological polar surface area (TPSA) is 72.2 Å². The maximum Gasteiger partial charge on any atom is 0.283 e. The second-order valence-electron chi connectivity index (χ2n) is 5.37. The molecule has 0 aliphatic rings.